The normalized spacial score (nSPS) is 21.6. The van der Waals surface area contributed by atoms with Crippen LogP contribution in [0.15, 0.2) is 140 Å². The lowest BCUT2D eigenvalue weighted by Gasteiger charge is -2.37. The standard InChI is InChI=1S/C52H55N7O5/c1-34(2)46-47(60)55-45(31-41-32-58(33-53-41)52(38-16-9-6-10-17-38,39-18-11-7-12-19-39)40-20-13-8-14-21-40)48(61)59-29-15-22-43(57-59)49(62)64-35(3)42-26-25-37-24-23-36(30-44(37)54-42)27-28-51(4,5)50(63)56-46/h6-14,16-21,23-28,30,32-35,43,45-46,57H,15,22,29,31H2,1-5H3,(H,55,60)(H,56,63)/b28-27+/t35-,43?,45?,46?/m1/s1. The predicted molar refractivity (Wildman–Crippen MR) is 246 cm³/mol. The molecule has 4 atom stereocenters. The van der Waals surface area contributed by atoms with Crippen molar-refractivity contribution in [2.45, 2.75) is 83.6 Å². The summed E-state index contributed by atoms with van der Waals surface area (Å²) in [7, 11) is 0. The average Bonchev–Trinajstić information content (AvgIpc) is 3.78. The Morgan fingerprint density at radius 3 is 2.08 bits per heavy atom. The lowest BCUT2D eigenvalue weighted by molar-refractivity contribution is -0.157. The van der Waals surface area contributed by atoms with E-state index in [0.717, 1.165) is 27.6 Å². The molecule has 5 bridgehead atoms. The van der Waals surface area contributed by atoms with E-state index in [1.54, 1.807) is 33.2 Å². The fraction of sp³-hybridized carbons (Fsp3) is 0.308. The molecule has 0 spiro atoms. The van der Waals surface area contributed by atoms with Crippen LogP contribution in [-0.2, 0) is 35.9 Å². The lowest BCUT2D eigenvalue weighted by atomic mass is 9.77. The first-order valence-electron chi connectivity index (χ1n) is 22.0. The number of carbonyl (C=O) groups is 4. The number of hydrazine groups is 1. The Bertz CT molecular complexity index is 2570. The largest absolute Gasteiger partial charge is 0.455 e. The summed E-state index contributed by atoms with van der Waals surface area (Å²) in [5.41, 5.74) is 6.92. The van der Waals surface area contributed by atoms with Crippen molar-refractivity contribution >= 4 is 40.7 Å². The quantitative estimate of drug-likeness (QED) is 0.112. The monoisotopic (exact) mass is 857 g/mol. The molecule has 1 fully saturated rings. The smallest absolute Gasteiger partial charge is 0.325 e. The van der Waals surface area contributed by atoms with Crippen molar-refractivity contribution in [3.05, 3.63) is 174 Å². The van der Waals surface area contributed by atoms with E-state index in [1.807, 2.05) is 111 Å². The van der Waals surface area contributed by atoms with Gasteiger partial charge in [-0.3, -0.25) is 24.2 Å². The van der Waals surface area contributed by atoms with E-state index in [4.69, 9.17) is 14.7 Å². The zero-order chi connectivity index (χ0) is 45.0. The Balaban J connectivity index is 1.17. The van der Waals surface area contributed by atoms with Gasteiger partial charge in [-0.15, -0.1) is 0 Å². The summed E-state index contributed by atoms with van der Waals surface area (Å²) in [6, 6.07) is 37.2. The summed E-state index contributed by atoms with van der Waals surface area (Å²) in [4.78, 5) is 66.8. The third-order valence-corrected chi connectivity index (χ3v) is 12.3. The summed E-state index contributed by atoms with van der Waals surface area (Å²) in [5.74, 6) is -2.17. The van der Waals surface area contributed by atoms with Crippen molar-refractivity contribution in [2.75, 3.05) is 6.54 Å². The molecule has 1 saturated heterocycles. The second-order valence-corrected chi connectivity index (χ2v) is 17.7. The number of amides is 3. The van der Waals surface area contributed by atoms with E-state index in [9.17, 15) is 19.2 Å². The second kappa shape index (κ2) is 18.4. The maximum atomic E-state index is 14.8. The number of pyridine rings is 1. The van der Waals surface area contributed by atoms with Crippen LogP contribution in [0.25, 0.3) is 17.0 Å². The summed E-state index contributed by atoms with van der Waals surface area (Å²) in [6.07, 6.45) is 7.65. The van der Waals surface area contributed by atoms with Crippen molar-refractivity contribution in [3.8, 4) is 0 Å². The molecule has 3 amide bonds. The van der Waals surface area contributed by atoms with Gasteiger partial charge in [0.1, 0.15) is 29.8 Å². The minimum atomic E-state index is -1.14. The van der Waals surface area contributed by atoms with Gasteiger partial charge in [-0.05, 0) is 73.9 Å². The van der Waals surface area contributed by atoms with Crippen LogP contribution in [0, 0.1) is 11.3 Å². The SMILES string of the molecule is CC(C)C1NC(=O)C(C)(C)/C=C/c2ccc3ccc(nc3c2)[C@@H](C)OC(=O)C2CCCN(N2)C(=O)C(Cc2cn(C(c3ccccc3)(c3ccccc3)c3ccccc3)cn2)NC1=O. The summed E-state index contributed by atoms with van der Waals surface area (Å²) < 4.78 is 8.03. The Hall–Kier alpha value is -6.92. The number of nitrogens with zero attached hydrogens (tertiary/aromatic N) is 4. The van der Waals surface area contributed by atoms with Crippen molar-refractivity contribution in [1.29, 1.82) is 0 Å². The Morgan fingerprint density at radius 1 is 0.828 bits per heavy atom. The minimum absolute atomic E-state index is 0.00989. The topological polar surface area (TPSA) is 148 Å². The fourth-order valence-electron chi connectivity index (χ4n) is 8.65. The average molecular weight is 858 g/mol. The first-order valence-corrected chi connectivity index (χ1v) is 22.0. The number of benzene rings is 4. The van der Waals surface area contributed by atoms with E-state index in [-0.39, 0.29) is 24.8 Å². The predicted octanol–water partition coefficient (Wildman–Crippen LogP) is 7.29. The molecule has 12 nitrogen and oxygen atoms in total. The van der Waals surface area contributed by atoms with Crippen LogP contribution in [-0.4, -0.2) is 67.9 Å². The highest BCUT2D eigenvalue weighted by molar-refractivity contribution is 5.94. The van der Waals surface area contributed by atoms with Crippen molar-refractivity contribution in [2.24, 2.45) is 11.3 Å². The molecule has 2 aromatic heterocycles. The van der Waals surface area contributed by atoms with Crippen molar-refractivity contribution < 1.29 is 23.9 Å². The molecule has 0 saturated carbocycles. The lowest BCUT2D eigenvalue weighted by Crippen LogP contribution is -2.62. The van der Waals surface area contributed by atoms with Crippen LogP contribution in [0.4, 0.5) is 0 Å². The van der Waals surface area contributed by atoms with Crippen LogP contribution in [0.3, 0.4) is 0 Å². The van der Waals surface area contributed by atoms with Crippen LogP contribution in [0.2, 0.25) is 0 Å². The molecule has 12 heteroatoms. The number of imidazole rings is 1. The van der Waals surface area contributed by atoms with Gasteiger partial charge in [0.05, 0.1) is 28.6 Å². The number of aromatic nitrogens is 3. The third kappa shape index (κ3) is 8.96. The van der Waals surface area contributed by atoms with Crippen LogP contribution < -0.4 is 16.1 Å². The number of fused-ring (bicyclic) bond motifs is 4. The van der Waals surface area contributed by atoms with Crippen LogP contribution in [0.1, 0.15) is 87.2 Å². The van der Waals surface area contributed by atoms with Crippen molar-refractivity contribution in [1.82, 2.24) is 35.6 Å². The number of nitrogens with one attached hydrogen (secondary N) is 3. The minimum Gasteiger partial charge on any atom is -0.455 e. The van der Waals surface area contributed by atoms with Gasteiger partial charge < -0.3 is 19.9 Å². The molecule has 8 rings (SSSR count). The second-order valence-electron chi connectivity index (χ2n) is 17.7. The van der Waals surface area contributed by atoms with Gasteiger partial charge in [-0.2, -0.15) is 0 Å². The number of cyclic esters (lactones) is 1. The Morgan fingerprint density at radius 2 is 1.45 bits per heavy atom. The molecule has 2 aliphatic rings. The molecule has 64 heavy (non-hydrogen) atoms. The molecule has 4 aromatic carbocycles. The van der Waals surface area contributed by atoms with E-state index < -0.39 is 53.0 Å². The molecule has 328 valence electrons. The first-order chi connectivity index (χ1) is 30.8. The number of esters is 1. The summed E-state index contributed by atoms with van der Waals surface area (Å²) >= 11 is 0. The van der Waals surface area contributed by atoms with E-state index in [0.29, 0.717) is 29.7 Å². The molecule has 0 radical (unpaired) electrons. The number of ether oxygens (including phenoxy) is 1. The van der Waals surface area contributed by atoms with E-state index in [2.05, 4.69) is 57.0 Å². The molecular formula is C52H55N7O5. The van der Waals surface area contributed by atoms with Gasteiger partial charge in [0, 0.05) is 24.5 Å². The molecule has 0 aliphatic carbocycles. The summed E-state index contributed by atoms with van der Waals surface area (Å²) in [6.45, 7) is 9.34. The number of hydrogen-bond donors (Lipinski definition) is 3. The molecule has 3 N–H and O–H groups in total. The zero-order valence-electron chi connectivity index (χ0n) is 36.9. The number of hydrogen-bond acceptors (Lipinski definition) is 8. The molecule has 3 unspecified atom stereocenters. The molecule has 4 heterocycles. The van der Waals surface area contributed by atoms with Crippen molar-refractivity contribution in [3.63, 3.8) is 0 Å². The molecule has 6 aromatic rings. The maximum Gasteiger partial charge on any atom is 0.325 e. The van der Waals surface area contributed by atoms with Gasteiger partial charge in [-0.25, -0.2) is 15.4 Å². The number of rotatable bonds is 7. The number of carbonyl (C=O) groups excluding carboxylic acids is 4. The van der Waals surface area contributed by atoms with Gasteiger partial charge in [0.25, 0.3) is 5.91 Å². The Kier molecular flexibility index (Phi) is 12.6. The highest BCUT2D eigenvalue weighted by atomic mass is 16.5. The van der Waals surface area contributed by atoms with Crippen LogP contribution in [0.5, 0.6) is 0 Å². The third-order valence-electron chi connectivity index (χ3n) is 12.3. The maximum absolute atomic E-state index is 14.8. The molecule has 2 aliphatic heterocycles. The van der Waals surface area contributed by atoms with Crippen LogP contribution >= 0.6 is 0 Å². The van der Waals surface area contributed by atoms with E-state index >= 15 is 0 Å². The highest BCUT2D eigenvalue weighted by Crippen LogP contribution is 2.41. The van der Waals surface area contributed by atoms with Gasteiger partial charge in [0.2, 0.25) is 11.8 Å². The Labute approximate surface area is 374 Å². The zero-order valence-corrected chi connectivity index (χ0v) is 36.9. The molecular weight excluding hydrogens is 803 g/mol. The van der Waals surface area contributed by atoms with Gasteiger partial charge in [0.15, 0.2) is 0 Å². The van der Waals surface area contributed by atoms with E-state index in [1.165, 1.54) is 5.01 Å². The highest BCUT2D eigenvalue weighted by Gasteiger charge is 2.40. The fourth-order valence-corrected chi connectivity index (χ4v) is 8.65. The summed E-state index contributed by atoms with van der Waals surface area (Å²) in [5, 5.41) is 8.33. The van der Waals surface area contributed by atoms with Gasteiger partial charge >= 0.3 is 5.97 Å². The van der Waals surface area contributed by atoms with Gasteiger partial charge in [-0.1, -0.05) is 135 Å². The first kappa shape index (κ1) is 43.7.